The average Bonchev–Trinajstić information content (AvgIpc) is 2.86. The average molecular weight is 343 g/mol. The van der Waals surface area contributed by atoms with Crippen molar-refractivity contribution in [1.82, 2.24) is 4.57 Å². The third-order valence-electron chi connectivity index (χ3n) is 3.68. The molecule has 3 rings (SSSR count). The Morgan fingerprint density at radius 3 is 2.13 bits per heavy atom. The van der Waals surface area contributed by atoms with Gasteiger partial charge in [0.05, 0.1) is 10.7 Å². The fraction of sp³-hybridized carbons (Fsp3) is 0.105. The molecule has 0 aliphatic rings. The van der Waals surface area contributed by atoms with Gasteiger partial charge in [-0.3, -0.25) is 4.99 Å². The normalized spacial score (nSPS) is 11.3. The molecule has 2 aromatic carbocycles. The summed E-state index contributed by atoms with van der Waals surface area (Å²) in [5.41, 5.74) is 5.31. The van der Waals surface area contributed by atoms with E-state index in [-0.39, 0.29) is 0 Å². The SMILES string of the molecule is Cc1ccc(C)n1-c1ccc(C=Nc2ccc(Cl)cc2Cl)cc1. The Labute approximate surface area is 146 Å². The topological polar surface area (TPSA) is 17.3 Å². The summed E-state index contributed by atoms with van der Waals surface area (Å²) in [5.74, 6) is 0. The summed E-state index contributed by atoms with van der Waals surface area (Å²) in [6.45, 7) is 4.20. The largest absolute Gasteiger partial charge is 0.319 e. The molecular formula is C19H16Cl2N2. The van der Waals surface area contributed by atoms with Gasteiger partial charge in [-0.05, 0) is 61.9 Å². The lowest BCUT2D eigenvalue weighted by atomic mass is 10.2. The third-order valence-corrected chi connectivity index (χ3v) is 4.22. The van der Waals surface area contributed by atoms with E-state index in [1.807, 2.05) is 18.2 Å². The van der Waals surface area contributed by atoms with Gasteiger partial charge in [0.25, 0.3) is 0 Å². The smallest absolute Gasteiger partial charge is 0.0817 e. The molecule has 1 aromatic heterocycles. The quantitative estimate of drug-likeness (QED) is 0.507. The molecule has 0 unspecified atom stereocenters. The van der Waals surface area contributed by atoms with Crippen LogP contribution in [0.1, 0.15) is 17.0 Å². The highest BCUT2D eigenvalue weighted by Crippen LogP contribution is 2.27. The molecule has 0 atom stereocenters. The van der Waals surface area contributed by atoms with Gasteiger partial charge in [0.2, 0.25) is 0 Å². The van der Waals surface area contributed by atoms with Crippen molar-refractivity contribution in [1.29, 1.82) is 0 Å². The van der Waals surface area contributed by atoms with Crippen LogP contribution in [0, 0.1) is 13.8 Å². The molecule has 0 saturated heterocycles. The molecule has 3 aromatic rings. The first kappa shape index (κ1) is 15.9. The maximum atomic E-state index is 6.12. The molecule has 0 fully saturated rings. The number of aromatic nitrogens is 1. The molecule has 4 heteroatoms. The monoisotopic (exact) mass is 342 g/mol. The molecule has 116 valence electrons. The van der Waals surface area contributed by atoms with Crippen LogP contribution in [0.25, 0.3) is 5.69 Å². The third kappa shape index (κ3) is 3.49. The van der Waals surface area contributed by atoms with Gasteiger partial charge in [-0.2, -0.15) is 0 Å². The molecule has 0 bridgehead atoms. The predicted octanol–water partition coefficient (Wildman–Crippen LogP) is 6.15. The molecule has 2 nitrogen and oxygen atoms in total. The first-order valence-electron chi connectivity index (χ1n) is 7.29. The van der Waals surface area contributed by atoms with Gasteiger partial charge in [0.15, 0.2) is 0 Å². The van der Waals surface area contributed by atoms with Crippen LogP contribution in [-0.4, -0.2) is 10.8 Å². The van der Waals surface area contributed by atoms with Crippen LogP contribution in [0.4, 0.5) is 5.69 Å². The van der Waals surface area contributed by atoms with E-state index in [0.717, 1.165) is 11.3 Å². The maximum absolute atomic E-state index is 6.12. The van der Waals surface area contributed by atoms with E-state index in [1.165, 1.54) is 11.4 Å². The van der Waals surface area contributed by atoms with E-state index >= 15 is 0 Å². The molecule has 0 saturated carbocycles. The maximum Gasteiger partial charge on any atom is 0.0817 e. The molecule has 0 aliphatic heterocycles. The molecule has 0 aliphatic carbocycles. The van der Waals surface area contributed by atoms with E-state index in [1.54, 1.807) is 18.3 Å². The first-order valence-corrected chi connectivity index (χ1v) is 8.05. The van der Waals surface area contributed by atoms with Crippen molar-refractivity contribution in [2.75, 3.05) is 0 Å². The van der Waals surface area contributed by atoms with Crippen molar-refractivity contribution >= 4 is 35.1 Å². The van der Waals surface area contributed by atoms with Crippen molar-refractivity contribution in [3.8, 4) is 5.69 Å². The molecule has 0 N–H and O–H groups in total. The van der Waals surface area contributed by atoms with E-state index in [9.17, 15) is 0 Å². The van der Waals surface area contributed by atoms with Crippen LogP contribution < -0.4 is 0 Å². The molecule has 0 amide bonds. The van der Waals surface area contributed by atoms with Gasteiger partial charge in [0, 0.05) is 28.3 Å². The standard InChI is InChI=1S/C19H16Cl2N2/c1-13-3-4-14(2)23(13)17-8-5-15(6-9-17)12-22-19-10-7-16(20)11-18(19)21/h3-12H,1-2H3. The van der Waals surface area contributed by atoms with Crippen LogP contribution in [0.5, 0.6) is 0 Å². The second kappa shape index (κ2) is 6.61. The minimum absolute atomic E-state index is 0.545. The van der Waals surface area contributed by atoms with Crippen molar-refractivity contribution in [3.05, 3.63) is 81.6 Å². The van der Waals surface area contributed by atoms with Crippen LogP contribution in [-0.2, 0) is 0 Å². The fourth-order valence-electron chi connectivity index (χ4n) is 2.52. The number of aliphatic imine (C=N–C) groups is 1. The molecular weight excluding hydrogens is 327 g/mol. The molecule has 0 spiro atoms. The predicted molar refractivity (Wildman–Crippen MR) is 99.0 cm³/mol. The summed E-state index contributed by atoms with van der Waals surface area (Å²) in [7, 11) is 0. The van der Waals surface area contributed by atoms with Crippen LogP contribution in [0.15, 0.2) is 59.6 Å². The minimum Gasteiger partial charge on any atom is -0.319 e. The van der Waals surface area contributed by atoms with E-state index < -0.39 is 0 Å². The van der Waals surface area contributed by atoms with E-state index in [4.69, 9.17) is 23.2 Å². The lowest BCUT2D eigenvalue weighted by Crippen LogP contribution is -1.98. The second-order valence-corrected chi connectivity index (χ2v) is 6.24. The summed E-state index contributed by atoms with van der Waals surface area (Å²) >= 11 is 12.0. The van der Waals surface area contributed by atoms with Gasteiger partial charge < -0.3 is 4.57 Å². The number of hydrogen-bond acceptors (Lipinski definition) is 1. The molecule has 1 heterocycles. The van der Waals surface area contributed by atoms with Gasteiger partial charge in [-0.1, -0.05) is 35.3 Å². The summed E-state index contributed by atoms with van der Waals surface area (Å²) in [6.07, 6.45) is 1.80. The van der Waals surface area contributed by atoms with Gasteiger partial charge in [0.1, 0.15) is 0 Å². The Bertz CT molecular complexity index is 842. The number of benzene rings is 2. The highest BCUT2D eigenvalue weighted by atomic mass is 35.5. The van der Waals surface area contributed by atoms with E-state index in [0.29, 0.717) is 15.7 Å². The lowest BCUT2D eigenvalue weighted by molar-refractivity contribution is 0.966. The van der Waals surface area contributed by atoms with Crippen molar-refractivity contribution in [2.45, 2.75) is 13.8 Å². The Morgan fingerprint density at radius 1 is 0.870 bits per heavy atom. The van der Waals surface area contributed by atoms with Gasteiger partial charge in [-0.15, -0.1) is 0 Å². The number of halogens is 2. The summed E-state index contributed by atoms with van der Waals surface area (Å²) < 4.78 is 2.22. The fourth-order valence-corrected chi connectivity index (χ4v) is 2.97. The highest BCUT2D eigenvalue weighted by Gasteiger charge is 2.03. The number of aryl methyl sites for hydroxylation is 2. The Kier molecular flexibility index (Phi) is 4.56. The zero-order valence-corrected chi connectivity index (χ0v) is 14.4. The number of hydrogen-bond donors (Lipinski definition) is 0. The number of nitrogens with zero attached hydrogens (tertiary/aromatic N) is 2. The number of rotatable bonds is 3. The van der Waals surface area contributed by atoms with Crippen molar-refractivity contribution < 1.29 is 0 Å². The highest BCUT2D eigenvalue weighted by molar-refractivity contribution is 6.36. The summed E-state index contributed by atoms with van der Waals surface area (Å²) in [4.78, 5) is 4.42. The zero-order valence-electron chi connectivity index (χ0n) is 12.9. The van der Waals surface area contributed by atoms with E-state index in [2.05, 4.69) is 47.7 Å². The van der Waals surface area contributed by atoms with Crippen LogP contribution in [0.2, 0.25) is 10.0 Å². The van der Waals surface area contributed by atoms with Crippen LogP contribution >= 0.6 is 23.2 Å². The van der Waals surface area contributed by atoms with Crippen LogP contribution in [0.3, 0.4) is 0 Å². The first-order chi connectivity index (χ1) is 11.0. The van der Waals surface area contributed by atoms with Gasteiger partial charge in [-0.25, -0.2) is 0 Å². The minimum atomic E-state index is 0.545. The van der Waals surface area contributed by atoms with Gasteiger partial charge >= 0.3 is 0 Å². The molecule has 0 radical (unpaired) electrons. The van der Waals surface area contributed by atoms with Crippen molar-refractivity contribution in [3.63, 3.8) is 0 Å². The Hall–Kier alpha value is -2.03. The summed E-state index contributed by atoms with van der Waals surface area (Å²) in [6, 6.07) is 17.8. The molecule has 23 heavy (non-hydrogen) atoms. The second-order valence-electron chi connectivity index (χ2n) is 5.40. The lowest BCUT2D eigenvalue weighted by Gasteiger charge is -2.09. The Morgan fingerprint density at radius 2 is 1.52 bits per heavy atom. The Balaban J connectivity index is 1.84. The zero-order chi connectivity index (χ0) is 16.4. The van der Waals surface area contributed by atoms with Crippen molar-refractivity contribution in [2.24, 2.45) is 4.99 Å². The summed E-state index contributed by atoms with van der Waals surface area (Å²) in [5, 5.41) is 1.15.